The molecule has 2 heteroatoms. The summed E-state index contributed by atoms with van der Waals surface area (Å²) in [5.41, 5.74) is 8.18. The van der Waals surface area contributed by atoms with Crippen LogP contribution in [-0.2, 0) is 7.05 Å². The van der Waals surface area contributed by atoms with Gasteiger partial charge in [-0.1, -0.05) is 91.0 Å². The molecule has 192 valence electrons. The monoisotopic (exact) mass is 540 g/mol. The van der Waals surface area contributed by atoms with Gasteiger partial charge in [0.15, 0.2) is 18.2 Å². The Labute approximate surface area is 240 Å². The van der Waals surface area contributed by atoms with Gasteiger partial charge in [0.25, 0.3) is 0 Å². The lowest BCUT2D eigenvalue weighted by Gasteiger charge is -2.13. The van der Waals surface area contributed by atoms with Crippen molar-refractivity contribution in [2.75, 3.05) is 0 Å². The molecule has 0 radical (unpaired) electrons. The number of rotatable bonds is 2. The summed E-state index contributed by atoms with van der Waals surface area (Å²) in [4.78, 5) is 0. The Balaban J connectivity index is 1.28. The van der Waals surface area contributed by atoms with Crippen molar-refractivity contribution in [2.24, 2.45) is 7.05 Å². The fourth-order valence-electron chi connectivity index (χ4n) is 7.26. The Morgan fingerprint density at radius 3 is 2.12 bits per heavy atom. The molecule has 2 aliphatic rings. The fraction of sp³-hybridized carbons (Fsp3) is 0.0513. The molecule has 0 saturated carbocycles. The van der Waals surface area contributed by atoms with Crippen LogP contribution in [0.25, 0.3) is 54.5 Å². The first-order valence-corrected chi connectivity index (χ1v) is 15.7. The quantitative estimate of drug-likeness (QED) is 0.152. The van der Waals surface area contributed by atoms with Gasteiger partial charge in [-0.3, -0.25) is 0 Å². The summed E-state index contributed by atoms with van der Waals surface area (Å²) in [6, 6.07) is 45.1. The van der Waals surface area contributed by atoms with Gasteiger partial charge in [-0.2, -0.15) is 0 Å². The van der Waals surface area contributed by atoms with Crippen LogP contribution in [0, 0.1) is 0 Å². The molecule has 9 rings (SSSR count). The molecule has 0 amide bonds. The first-order valence-electron chi connectivity index (χ1n) is 14.3. The number of fused-ring (bicyclic) bond motifs is 11. The zero-order chi connectivity index (χ0) is 27.1. The second-order valence-electron chi connectivity index (χ2n) is 11.2. The smallest absolute Gasteiger partial charge is 0.175 e. The first-order chi connectivity index (χ1) is 20.3. The molecule has 0 saturated heterocycles. The third-order valence-corrected chi connectivity index (χ3v) is 11.7. The van der Waals surface area contributed by atoms with Crippen molar-refractivity contribution in [1.29, 1.82) is 0 Å². The van der Waals surface area contributed by atoms with Crippen LogP contribution < -0.4 is 10.6 Å². The van der Waals surface area contributed by atoms with E-state index in [9.17, 15) is 0 Å². The minimum Gasteiger partial charge on any atom is -0.343 e. The molecule has 0 fully saturated rings. The molecule has 1 nitrogen and oxygen atoms in total. The molecule has 0 bridgehead atoms. The molecule has 1 unspecified atom stereocenters. The Morgan fingerprint density at radius 1 is 0.610 bits per heavy atom. The molecule has 0 N–H and O–H groups in total. The van der Waals surface area contributed by atoms with E-state index in [0.29, 0.717) is 0 Å². The van der Waals surface area contributed by atoms with Crippen molar-refractivity contribution in [3.05, 3.63) is 145 Å². The maximum atomic E-state index is 2.46. The normalized spacial score (nSPS) is 15.4. The third kappa shape index (κ3) is 3.22. The van der Waals surface area contributed by atoms with Crippen molar-refractivity contribution < 1.29 is 0 Å². The first kappa shape index (κ1) is 23.0. The van der Waals surface area contributed by atoms with E-state index < -0.39 is 7.55 Å². The number of aromatic nitrogens is 1. The summed E-state index contributed by atoms with van der Waals surface area (Å²) in [6.45, 7) is 0. The molecule has 1 aliphatic heterocycles. The lowest BCUT2D eigenvalue weighted by Crippen LogP contribution is -2.08. The maximum absolute atomic E-state index is 2.46. The second-order valence-corrected chi connectivity index (χ2v) is 13.4. The number of hydrogen-bond acceptors (Lipinski definition) is 0. The van der Waals surface area contributed by atoms with Crippen molar-refractivity contribution in [1.82, 2.24) is 4.57 Å². The summed E-state index contributed by atoms with van der Waals surface area (Å²) < 4.78 is 2.40. The zero-order valence-corrected chi connectivity index (χ0v) is 23.7. The Kier molecular flexibility index (Phi) is 4.86. The molecular weight excluding hydrogens is 513 g/mol. The van der Waals surface area contributed by atoms with Gasteiger partial charge in [0.05, 0.1) is 5.52 Å². The van der Waals surface area contributed by atoms with Crippen LogP contribution in [-0.4, -0.2) is 9.86 Å². The summed E-state index contributed by atoms with van der Waals surface area (Å²) >= 11 is 0. The average Bonchev–Trinajstić information content (AvgIpc) is 3.53. The summed E-state index contributed by atoms with van der Waals surface area (Å²) in [5.74, 6) is 0. The van der Waals surface area contributed by atoms with Crippen LogP contribution in [0.2, 0.25) is 0 Å². The summed E-state index contributed by atoms with van der Waals surface area (Å²) in [5, 5.41) is 12.5. The number of allylic oxidation sites excluding steroid dienone is 4. The van der Waals surface area contributed by atoms with E-state index in [4.69, 9.17) is 0 Å². The maximum Gasteiger partial charge on any atom is 0.175 e. The highest BCUT2D eigenvalue weighted by atomic mass is 31.1. The minimum atomic E-state index is -0.529. The van der Waals surface area contributed by atoms with Gasteiger partial charge in [0.1, 0.15) is 5.29 Å². The van der Waals surface area contributed by atoms with E-state index in [1.165, 1.54) is 76.2 Å². The number of nitrogens with zero attached hydrogens (tertiary/aromatic N) is 1. The average molecular weight is 541 g/mol. The molecule has 1 aromatic heterocycles. The lowest BCUT2D eigenvalue weighted by molar-refractivity contribution is 1.02. The SMILES string of the molecule is Cn1c2ccc(C3=CC=C4C(=[P+](c5ccccc5)c5ccccc54)C3)cc2c2c3ccccc3c3ccccc3c21. The van der Waals surface area contributed by atoms with Crippen LogP contribution in [0.15, 0.2) is 133 Å². The van der Waals surface area contributed by atoms with Gasteiger partial charge in [-0.15, -0.1) is 0 Å². The van der Waals surface area contributed by atoms with E-state index >= 15 is 0 Å². The van der Waals surface area contributed by atoms with Gasteiger partial charge in [0.2, 0.25) is 0 Å². The summed E-state index contributed by atoms with van der Waals surface area (Å²) in [7, 11) is 1.69. The highest BCUT2D eigenvalue weighted by molar-refractivity contribution is 7.75. The fourth-order valence-corrected chi connectivity index (χ4v) is 10.1. The van der Waals surface area contributed by atoms with E-state index in [0.717, 1.165) is 6.42 Å². The molecule has 6 aromatic carbocycles. The summed E-state index contributed by atoms with van der Waals surface area (Å²) in [6.07, 6.45) is 5.74. The number of aryl methyl sites for hydroxylation is 1. The Morgan fingerprint density at radius 2 is 1.29 bits per heavy atom. The molecule has 41 heavy (non-hydrogen) atoms. The largest absolute Gasteiger partial charge is 0.343 e. The topological polar surface area (TPSA) is 4.93 Å². The molecular formula is C39H27NP+. The number of benzene rings is 6. The van der Waals surface area contributed by atoms with Crippen molar-refractivity contribution >= 4 is 77.9 Å². The molecule has 1 atom stereocenters. The van der Waals surface area contributed by atoms with Crippen molar-refractivity contribution in [2.45, 2.75) is 6.42 Å². The number of hydrogen-bond donors (Lipinski definition) is 0. The van der Waals surface area contributed by atoms with E-state index in [1.54, 1.807) is 5.29 Å². The highest BCUT2D eigenvalue weighted by Crippen LogP contribution is 2.46. The van der Waals surface area contributed by atoms with Crippen molar-refractivity contribution in [3.8, 4) is 0 Å². The lowest BCUT2D eigenvalue weighted by atomic mass is 9.89. The zero-order valence-electron chi connectivity index (χ0n) is 22.8. The molecule has 0 spiro atoms. The van der Waals surface area contributed by atoms with Crippen LogP contribution in [0.3, 0.4) is 0 Å². The van der Waals surface area contributed by atoms with Gasteiger partial charge in [-0.05, 0) is 69.8 Å². The van der Waals surface area contributed by atoms with E-state index in [-0.39, 0.29) is 0 Å². The minimum absolute atomic E-state index is 0.529. The van der Waals surface area contributed by atoms with Crippen LogP contribution in [0.1, 0.15) is 17.5 Å². The van der Waals surface area contributed by atoms with Gasteiger partial charge in [-0.25, -0.2) is 0 Å². The van der Waals surface area contributed by atoms with E-state index in [2.05, 4.69) is 145 Å². The predicted octanol–water partition coefficient (Wildman–Crippen LogP) is 9.13. The van der Waals surface area contributed by atoms with Crippen molar-refractivity contribution in [3.63, 3.8) is 0 Å². The predicted molar refractivity (Wildman–Crippen MR) is 180 cm³/mol. The molecule has 7 aromatic rings. The molecule has 2 heterocycles. The van der Waals surface area contributed by atoms with Gasteiger partial charge < -0.3 is 4.57 Å². The van der Waals surface area contributed by atoms with Gasteiger partial charge >= 0.3 is 0 Å². The van der Waals surface area contributed by atoms with Crippen LogP contribution in [0.5, 0.6) is 0 Å². The van der Waals surface area contributed by atoms with Crippen LogP contribution in [0.4, 0.5) is 0 Å². The van der Waals surface area contributed by atoms with Crippen LogP contribution >= 0.6 is 7.55 Å². The van der Waals surface area contributed by atoms with Gasteiger partial charge in [0, 0.05) is 46.3 Å². The molecule has 1 aliphatic carbocycles. The second kappa shape index (κ2) is 8.64. The highest BCUT2D eigenvalue weighted by Gasteiger charge is 2.39. The third-order valence-electron chi connectivity index (χ3n) is 9.08. The standard InChI is InChI=1S/C39H27NP/c1-40-35-22-20-25(23-34(35)38-32-16-7-5-13-28(32)29-14-6-8-17-33(29)39(38)40)26-19-21-31-30-15-9-10-18-36(30)41(37(31)24-26)27-11-3-2-4-12-27/h2-23H,24H2,1H3/q+1. The van der Waals surface area contributed by atoms with E-state index in [1.807, 2.05) is 0 Å². The Hall–Kier alpha value is -4.71. The Bertz CT molecular complexity index is 2330.